The van der Waals surface area contributed by atoms with Crippen LogP contribution in [0, 0.1) is 0 Å². The number of rotatable bonds is 4. The predicted molar refractivity (Wildman–Crippen MR) is 83.2 cm³/mol. The van der Waals surface area contributed by atoms with Crippen LogP contribution < -0.4 is 10.1 Å². The maximum atomic E-state index is 5.79. The van der Waals surface area contributed by atoms with Crippen molar-refractivity contribution in [1.29, 1.82) is 0 Å². The fraction of sp³-hybridized carbons (Fsp3) is 0.312. The monoisotopic (exact) mass is 332 g/mol. The summed E-state index contributed by atoms with van der Waals surface area (Å²) < 4.78 is 6.81. The van der Waals surface area contributed by atoms with Crippen molar-refractivity contribution in [2.45, 2.75) is 18.4 Å². The summed E-state index contributed by atoms with van der Waals surface area (Å²) in [5.41, 5.74) is 2.53. The van der Waals surface area contributed by atoms with E-state index in [2.05, 4.69) is 44.4 Å². The summed E-state index contributed by atoms with van der Waals surface area (Å²) >= 11 is 3.48. The Morgan fingerprint density at radius 3 is 3.05 bits per heavy atom. The summed E-state index contributed by atoms with van der Waals surface area (Å²) in [6.07, 6.45) is 4.67. The average Bonchev–Trinajstić information content (AvgIpc) is 2.89. The highest BCUT2D eigenvalue weighted by Crippen LogP contribution is 2.36. The second-order valence-corrected chi connectivity index (χ2v) is 5.98. The van der Waals surface area contributed by atoms with Crippen LogP contribution in [-0.4, -0.2) is 24.7 Å². The number of aromatic nitrogens is 1. The van der Waals surface area contributed by atoms with Gasteiger partial charge in [-0.05, 0) is 47.1 Å². The van der Waals surface area contributed by atoms with E-state index in [0.29, 0.717) is 12.0 Å². The highest BCUT2D eigenvalue weighted by Gasteiger charge is 2.30. The van der Waals surface area contributed by atoms with Crippen molar-refractivity contribution in [2.24, 2.45) is 0 Å². The minimum atomic E-state index is 0.342. The second kappa shape index (κ2) is 5.94. The van der Waals surface area contributed by atoms with Gasteiger partial charge in [0.25, 0.3) is 0 Å². The molecule has 2 unspecified atom stereocenters. The molecule has 0 saturated heterocycles. The normalized spacial score (nSPS) is 18.4. The molecular formula is C16H17BrN2O. The zero-order valence-corrected chi connectivity index (χ0v) is 12.9. The van der Waals surface area contributed by atoms with Gasteiger partial charge in [0.05, 0.1) is 6.61 Å². The Bertz CT molecular complexity index is 603. The lowest BCUT2D eigenvalue weighted by Crippen LogP contribution is -2.35. The number of para-hydroxylation sites is 1. The van der Waals surface area contributed by atoms with Gasteiger partial charge in [0.2, 0.25) is 0 Å². The summed E-state index contributed by atoms with van der Waals surface area (Å²) in [5, 5.41) is 3.43. The van der Waals surface area contributed by atoms with Gasteiger partial charge in [-0.25, -0.2) is 0 Å². The first kappa shape index (κ1) is 13.6. The molecule has 0 radical (unpaired) electrons. The third-order valence-electron chi connectivity index (χ3n) is 3.81. The molecular weight excluding hydrogens is 316 g/mol. The van der Waals surface area contributed by atoms with Gasteiger partial charge in [0.1, 0.15) is 5.75 Å². The van der Waals surface area contributed by atoms with Crippen LogP contribution in [-0.2, 0) is 6.42 Å². The number of pyridine rings is 1. The van der Waals surface area contributed by atoms with Gasteiger partial charge >= 0.3 is 0 Å². The van der Waals surface area contributed by atoms with Crippen LogP contribution in [0.2, 0.25) is 0 Å². The fourth-order valence-electron chi connectivity index (χ4n) is 2.79. The van der Waals surface area contributed by atoms with E-state index in [4.69, 9.17) is 4.74 Å². The Hall–Kier alpha value is -1.39. The van der Waals surface area contributed by atoms with Crippen molar-refractivity contribution in [3.8, 4) is 5.75 Å². The number of nitrogens with one attached hydrogen (secondary N) is 1. The van der Waals surface area contributed by atoms with Gasteiger partial charge in [-0.1, -0.05) is 18.2 Å². The van der Waals surface area contributed by atoms with Crippen molar-refractivity contribution in [2.75, 3.05) is 13.7 Å². The number of likely N-dealkylation sites (N-methyl/N-ethyl adjacent to an activating group) is 1. The van der Waals surface area contributed by atoms with Gasteiger partial charge < -0.3 is 10.1 Å². The first-order valence-electron chi connectivity index (χ1n) is 6.76. The number of hydrogen-bond donors (Lipinski definition) is 1. The molecule has 1 aliphatic rings. The Morgan fingerprint density at radius 1 is 1.40 bits per heavy atom. The number of benzene rings is 1. The van der Waals surface area contributed by atoms with E-state index in [-0.39, 0.29) is 0 Å². The van der Waals surface area contributed by atoms with E-state index in [9.17, 15) is 0 Å². The second-order valence-electron chi connectivity index (χ2n) is 5.07. The number of fused-ring (bicyclic) bond motifs is 1. The molecule has 3 nitrogen and oxygen atoms in total. The van der Waals surface area contributed by atoms with Gasteiger partial charge in [-0.2, -0.15) is 0 Å². The quantitative estimate of drug-likeness (QED) is 0.933. The highest BCUT2D eigenvalue weighted by molar-refractivity contribution is 9.10. The summed E-state index contributed by atoms with van der Waals surface area (Å²) in [6, 6.07) is 10.8. The van der Waals surface area contributed by atoms with Crippen LogP contribution in [0.4, 0.5) is 0 Å². The molecule has 1 N–H and O–H groups in total. The summed E-state index contributed by atoms with van der Waals surface area (Å²) in [7, 11) is 2.01. The van der Waals surface area contributed by atoms with E-state index in [1.165, 1.54) is 11.1 Å². The first-order valence-corrected chi connectivity index (χ1v) is 7.55. The lowest BCUT2D eigenvalue weighted by molar-refractivity contribution is 0.302. The smallest absolute Gasteiger partial charge is 0.122 e. The Balaban J connectivity index is 1.81. The molecule has 2 atom stereocenters. The maximum absolute atomic E-state index is 5.79. The Labute approximate surface area is 127 Å². The molecule has 1 aromatic carbocycles. The molecule has 1 aliphatic heterocycles. The fourth-order valence-corrected chi connectivity index (χ4v) is 3.20. The van der Waals surface area contributed by atoms with Crippen LogP contribution in [0.1, 0.15) is 17.0 Å². The minimum absolute atomic E-state index is 0.342. The highest BCUT2D eigenvalue weighted by atomic mass is 79.9. The number of ether oxygens (including phenoxy) is 1. The van der Waals surface area contributed by atoms with Crippen LogP contribution in [0.3, 0.4) is 0 Å². The van der Waals surface area contributed by atoms with Crippen molar-refractivity contribution < 1.29 is 4.74 Å². The van der Waals surface area contributed by atoms with Crippen LogP contribution in [0.15, 0.2) is 47.2 Å². The molecule has 2 aromatic rings. The Kier molecular flexibility index (Phi) is 4.03. The predicted octanol–water partition coefficient (Wildman–Crippen LogP) is 3.15. The van der Waals surface area contributed by atoms with Crippen molar-refractivity contribution in [3.63, 3.8) is 0 Å². The third-order valence-corrected chi connectivity index (χ3v) is 4.24. The molecule has 0 amide bonds. The van der Waals surface area contributed by atoms with Crippen LogP contribution >= 0.6 is 15.9 Å². The van der Waals surface area contributed by atoms with E-state index in [0.717, 1.165) is 23.2 Å². The average molecular weight is 333 g/mol. The van der Waals surface area contributed by atoms with E-state index in [1.54, 1.807) is 0 Å². The summed E-state index contributed by atoms with van der Waals surface area (Å²) in [5.74, 6) is 1.40. The summed E-state index contributed by atoms with van der Waals surface area (Å²) in [4.78, 5) is 4.24. The molecule has 2 heterocycles. The minimum Gasteiger partial charge on any atom is -0.493 e. The standard InChI is InChI=1S/C16H17BrN2O/c1-18-15(7-11-6-12(17)9-19-8-11)14-10-20-16-5-3-2-4-13(14)16/h2-6,8-9,14-15,18H,7,10H2,1H3. The molecule has 4 heteroatoms. The molecule has 1 aromatic heterocycles. The van der Waals surface area contributed by atoms with Gasteiger partial charge in [-0.3, -0.25) is 4.98 Å². The van der Waals surface area contributed by atoms with Crippen molar-refractivity contribution >= 4 is 15.9 Å². The van der Waals surface area contributed by atoms with Crippen molar-refractivity contribution in [1.82, 2.24) is 10.3 Å². The van der Waals surface area contributed by atoms with Gasteiger partial charge in [-0.15, -0.1) is 0 Å². The lowest BCUT2D eigenvalue weighted by atomic mass is 9.89. The molecule has 20 heavy (non-hydrogen) atoms. The molecule has 0 saturated carbocycles. The molecule has 3 rings (SSSR count). The van der Waals surface area contributed by atoms with E-state index < -0.39 is 0 Å². The lowest BCUT2D eigenvalue weighted by Gasteiger charge is -2.22. The van der Waals surface area contributed by atoms with Gasteiger partial charge in [0.15, 0.2) is 0 Å². The molecule has 0 spiro atoms. The van der Waals surface area contributed by atoms with Crippen molar-refractivity contribution in [3.05, 3.63) is 58.3 Å². The number of hydrogen-bond acceptors (Lipinski definition) is 3. The third kappa shape index (κ3) is 2.72. The molecule has 0 fully saturated rings. The molecule has 0 aliphatic carbocycles. The zero-order valence-electron chi connectivity index (χ0n) is 11.3. The van der Waals surface area contributed by atoms with E-state index in [1.807, 2.05) is 31.6 Å². The number of nitrogens with zero attached hydrogens (tertiary/aromatic N) is 1. The largest absolute Gasteiger partial charge is 0.493 e. The molecule has 0 bridgehead atoms. The topological polar surface area (TPSA) is 34.2 Å². The number of halogens is 1. The SMILES string of the molecule is CNC(Cc1cncc(Br)c1)C1COc2ccccc21. The summed E-state index contributed by atoms with van der Waals surface area (Å²) in [6.45, 7) is 0.742. The Morgan fingerprint density at radius 2 is 2.25 bits per heavy atom. The van der Waals surface area contributed by atoms with E-state index >= 15 is 0 Å². The van der Waals surface area contributed by atoms with Crippen LogP contribution in [0.5, 0.6) is 5.75 Å². The van der Waals surface area contributed by atoms with Gasteiger partial charge in [0, 0.05) is 34.4 Å². The zero-order chi connectivity index (χ0) is 13.9. The molecule has 104 valence electrons. The van der Waals surface area contributed by atoms with Crippen LogP contribution in [0.25, 0.3) is 0 Å². The first-order chi connectivity index (χ1) is 9.78. The maximum Gasteiger partial charge on any atom is 0.122 e.